The summed E-state index contributed by atoms with van der Waals surface area (Å²) in [6.07, 6.45) is 5.55. The van der Waals surface area contributed by atoms with E-state index in [1.165, 1.54) is 0 Å². The number of hydrogen-bond donors (Lipinski definition) is 2. The number of carbonyl (C=O) groups is 1. The Morgan fingerprint density at radius 2 is 1.86 bits per heavy atom. The number of aliphatic hydroxyl groups excluding tert-OH is 2. The van der Waals surface area contributed by atoms with Crippen LogP contribution in [0.2, 0.25) is 0 Å². The lowest BCUT2D eigenvalue weighted by Gasteiger charge is -2.23. The molecule has 1 saturated carbocycles. The fourth-order valence-corrected chi connectivity index (χ4v) is 3.06. The highest BCUT2D eigenvalue weighted by Gasteiger charge is 2.43. The molecular weight excluding hydrogens is 270 g/mol. The molecule has 1 aromatic heterocycles. The molecule has 2 aliphatic rings. The van der Waals surface area contributed by atoms with Crippen molar-refractivity contribution in [2.75, 3.05) is 0 Å². The number of carbonyl (C=O) groups excluding carboxylic acids is 1. The van der Waals surface area contributed by atoms with E-state index >= 15 is 0 Å². The minimum Gasteiger partial charge on any atom is -0.510 e. The van der Waals surface area contributed by atoms with Gasteiger partial charge in [-0.05, 0) is 25.0 Å². The minimum atomic E-state index is -1.16. The molecule has 0 saturated heterocycles. The van der Waals surface area contributed by atoms with Gasteiger partial charge < -0.3 is 10.2 Å². The van der Waals surface area contributed by atoms with E-state index in [1.54, 1.807) is 24.5 Å². The highest BCUT2D eigenvalue weighted by atomic mass is 16.3. The van der Waals surface area contributed by atoms with Gasteiger partial charge in [0.15, 0.2) is 17.7 Å². The van der Waals surface area contributed by atoms with Gasteiger partial charge in [-0.3, -0.25) is 9.78 Å². The van der Waals surface area contributed by atoms with Crippen LogP contribution in [0.3, 0.4) is 0 Å². The summed E-state index contributed by atoms with van der Waals surface area (Å²) in [5, 5.41) is 27.6. The van der Waals surface area contributed by atoms with Crippen LogP contribution in [0.15, 0.2) is 46.2 Å². The maximum atomic E-state index is 12.2. The summed E-state index contributed by atoms with van der Waals surface area (Å²) in [6.45, 7) is 0. The number of pyridine rings is 1. The largest absolute Gasteiger partial charge is 0.510 e. The first-order valence-corrected chi connectivity index (χ1v) is 7.14. The average Bonchev–Trinajstić information content (AvgIpc) is 2.78. The molecule has 2 aliphatic carbocycles. The van der Waals surface area contributed by atoms with Gasteiger partial charge in [0.05, 0.1) is 0 Å². The molecule has 6 nitrogen and oxygen atoms in total. The fourth-order valence-electron chi connectivity index (χ4n) is 3.06. The van der Waals surface area contributed by atoms with E-state index < -0.39 is 6.23 Å². The van der Waals surface area contributed by atoms with Crippen molar-refractivity contribution in [3.8, 4) is 0 Å². The average molecular weight is 287 g/mol. The summed E-state index contributed by atoms with van der Waals surface area (Å²) in [5.41, 5.74) is 0.553. The van der Waals surface area contributed by atoms with Crippen LogP contribution in [0.1, 0.15) is 37.5 Å². The van der Waals surface area contributed by atoms with E-state index in [2.05, 4.69) is 15.2 Å². The Hall–Kier alpha value is -2.08. The zero-order valence-corrected chi connectivity index (χ0v) is 11.5. The van der Waals surface area contributed by atoms with Crippen LogP contribution in [0.5, 0.6) is 0 Å². The summed E-state index contributed by atoms with van der Waals surface area (Å²) in [7, 11) is 0. The van der Waals surface area contributed by atoms with Crippen LogP contribution in [0.25, 0.3) is 0 Å². The van der Waals surface area contributed by atoms with Gasteiger partial charge in [-0.1, -0.05) is 12.8 Å². The van der Waals surface area contributed by atoms with E-state index in [-0.39, 0.29) is 29.1 Å². The lowest BCUT2D eigenvalue weighted by Crippen LogP contribution is -2.21. The maximum absolute atomic E-state index is 12.2. The van der Waals surface area contributed by atoms with Crippen molar-refractivity contribution < 1.29 is 15.0 Å². The molecule has 3 atom stereocenters. The van der Waals surface area contributed by atoms with Crippen molar-refractivity contribution in [2.45, 2.75) is 31.9 Å². The molecule has 1 heterocycles. The predicted octanol–water partition coefficient (Wildman–Crippen LogP) is 2.68. The quantitative estimate of drug-likeness (QED) is 0.835. The van der Waals surface area contributed by atoms with Crippen LogP contribution in [-0.4, -0.2) is 21.0 Å². The van der Waals surface area contributed by atoms with E-state index in [1.807, 2.05) is 0 Å². The first kappa shape index (κ1) is 13.9. The normalized spacial score (nSPS) is 27.2. The number of aliphatic hydroxyl groups is 2. The Morgan fingerprint density at radius 3 is 2.52 bits per heavy atom. The third kappa shape index (κ3) is 2.58. The number of aromatic nitrogens is 1. The predicted molar refractivity (Wildman–Crippen MR) is 74.2 cm³/mol. The third-order valence-electron chi connectivity index (χ3n) is 4.20. The lowest BCUT2D eigenvalue weighted by atomic mass is 9.80. The van der Waals surface area contributed by atoms with Gasteiger partial charge in [0.25, 0.3) is 0 Å². The van der Waals surface area contributed by atoms with Crippen LogP contribution in [0, 0.1) is 11.8 Å². The summed E-state index contributed by atoms with van der Waals surface area (Å²) >= 11 is 0. The van der Waals surface area contributed by atoms with E-state index in [9.17, 15) is 15.0 Å². The van der Waals surface area contributed by atoms with Crippen molar-refractivity contribution in [2.24, 2.45) is 22.1 Å². The molecule has 0 aromatic carbocycles. The molecular formula is C15H17N3O3. The number of fused-ring (bicyclic) bond motifs is 1. The highest BCUT2D eigenvalue weighted by Crippen LogP contribution is 2.43. The molecule has 3 rings (SSSR count). The molecule has 1 aromatic rings. The van der Waals surface area contributed by atoms with Gasteiger partial charge in [0.1, 0.15) is 5.76 Å². The number of rotatable bonds is 3. The zero-order chi connectivity index (χ0) is 14.8. The molecule has 0 amide bonds. The molecule has 0 aliphatic heterocycles. The summed E-state index contributed by atoms with van der Waals surface area (Å²) in [5.74, 6) is -0.387. The molecule has 21 heavy (non-hydrogen) atoms. The fraction of sp³-hybridized carbons (Fsp3) is 0.467. The molecule has 0 radical (unpaired) electrons. The number of hydrogen-bond acceptors (Lipinski definition) is 6. The third-order valence-corrected chi connectivity index (χ3v) is 4.20. The van der Waals surface area contributed by atoms with Crippen LogP contribution in [0.4, 0.5) is 0 Å². The second kappa shape index (κ2) is 5.73. The minimum absolute atomic E-state index is 0.0139. The van der Waals surface area contributed by atoms with Crippen molar-refractivity contribution in [1.29, 1.82) is 0 Å². The standard InChI is InChI=1S/C15H17N3O3/c19-13-10-3-1-2-4-11(10)14(20)12(13)17-18-15(21)9-5-7-16-8-6-9/h5-8,10-11,15,19,21H,1-4H2. The first-order valence-electron chi connectivity index (χ1n) is 7.14. The van der Waals surface area contributed by atoms with Gasteiger partial charge in [-0.15, -0.1) is 5.11 Å². The van der Waals surface area contributed by atoms with Gasteiger partial charge in [0, 0.05) is 29.8 Å². The Kier molecular flexibility index (Phi) is 3.79. The second-order valence-electron chi connectivity index (χ2n) is 5.47. The molecule has 6 heteroatoms. The van der Waals surface area contributed by atoms with Gasteiger partial charge >= 0.3 is 0 Å². The van der Waals surface area contributed by atoms with Crippen molar-refractivity contribution >= 4 is 5.78 Å². The number of ketones is 1. The van der Waals surface area contributed by atoms with E-state index in [0.717, 1.165) is 25.7 Å². The van der Waals surface area contributed by atoms with Crippen LogP contribution in [-0.2, 0) is 4.79 Å². The van der Waals surface area contributed by atoms with E-state index in [4.69, 9.17) is 0 Å². The monoisotopic (exact) mass is 287 g/mol. The Bertz CT molecular complexity index is 597. The molecule has 3 unspecified atom stereocenters. The lowest BCUT2D eigenvalue weighted by molar-refractivity contribution is -0.120. The number of Topliss-reactive ketones (excluding diaryl/α,β-unsaturated/α-hetero) is 1. The van der Waals surface area contributed by atoms with Gasteiger partial charge in [-0.2, -0.15) is 5.11 Å². The van der Waals surface area contributed by atoms with Crippen molar-refractivity contribution in [3.63, 3.8) is 0 Å². The Balaban J connectivity index is 1.79. The van der Waals surface area contributed by atoms with Crippen molar-refractivity contribution in [1.82, 2.24) is 4.98 Å². The molecule has 0 spiro atoms. The summed E-state index contributed by atoms with van der Waals surface area (Å²) in [4.78, 5) is 16.1. The van der Waals surface area contributed by atoms with Gasteiger partial charge in [-0.25, -0.2) is 0 Å². The van der Waals surface area contributed by atoms with Gasteiger partial charge in [0.2, 0.25) is 0 Å². The number of azo groups is 1. The molecule has 2 N–H and O–H groups in total. The van der Waals surface area contributed by atoms with E-state index in [0.29, 0.717) is 5.56 Å². The summed E-state index contributed by atoms with van der Waals surface area (Å²) in [6, 6.07) is 3.24. The van der Waals surface area contributed by atoms with Crippen molar-refractivity contribution in [3.05, 3.63) is 41.5 Å². The first-order chi connectivity index (χ1) is 10.2. The zero-order valence-electron chi connectivity index (χ0n) is 11.5. The maximum Gasteiger partial charge on any atom is 0.192 e. The second-order valence-corrected chi connectivity index (χ2v) is 5.47. The summed E-state index contributed by atoms with van der Waals surface area (Å²) < 4.78 is 0. The number of nitrogens with zero attached hydrogens (tertiary/aromatic N) is 3. The molecule has 110 valence electrons. The Labute approximate surface area is 122 Å². The van der Waals surface area contributed by atoms with Crippen LogP contribution >= 0.6 is 0 Å². The molecule has 0 bridgehead atoms. The smallest absolute Gasteiger partial charge is 0.192 e. The molecule has 1 fully saturated rings. The Morgan fingerprint density at radius 1 is 1.19 bits per heavy atom. The highest BCUT2D eigenvalue weighted by molar-refractivity contribution is 6.00. The SMILES string of the molecule is O=C1C(N=NC(O)c2ccncc2)=C(O)C2CCCCC12. The number of allylic oxidation sites excluding steroid dienone is 2. The van der Waals surface area contributed by atoms with Crippen LogP contribution < -0.4 is 0 Å². The topological polar surface area (TPSA) is 95.1 Å².